The molecule has 4 rings (SSSR count). The van der Waals surface area contributed by atoms with E-state index < -0.39 is 12.0 Å². The summed E-state index contributed by atoms with van der Waals surface area (Å²) in [6.07, 6.45) is 2.29. The molecule has 0 fully saturated rings. The van der Waals surface area contributed by atoms with E-state index in [9.17, 15) is 14.7 Å². The van der Waals surface area contributed by atoms with E-state index >= 15 is 0 Å². The van der Waals surface area contributed by atoms with Crippen LogP contribution in [0.4, 0.5) is 0 Å². The molecule has 2 N–H and O–H groups in total. The Balaban J connectivity index is 0.00000380. The first-order valence-corrected chi connectivity index (χ1v) is 13.3. The van der Waals surface area contributed by atoms with Crippen LogP contribution in [-0.4, -0.2) is 53.9 Å². The van der Waals surface area contributed by atoms with Gasteiger partial charge in [-0.15, -0.1) is 0 Å². The third kappa shape index (κ3) is 6.96. The van der Waals surface area contributed by atoms with Crippen molar-refractivity contribution in [1.29, 1.82) is 0 Å². The van der Waals surface area contributed by atoms with Crippen molar-refractivity contribution in [2.24, 2.45) is 0 Å². The molecule has 4 nitrogen and oxygen atoms in total. The van der Waals surface area contributed by atoms with Crippen LogP contribution in [0.1, 0.15) is 22.3 Å². The van der Waals surface area contributed by atoms with Gasteiger partial charge in [0.15, 0.2) is 0 Å². The van der Waals surface area contributed by atoms with E-state index in [2.05, 4.69) is 41.7 Å². The Hall–Kier alpha value is -3.23. The molecule has 1 unspecified atom stereocenters. The first kappa shape index (κ1) is 28.3. The number of amides is 1. The number of aryl methyl sites for hydroxylation is 1. The van der Waals surface area contributed by atoms with Crippen molar-refractivity contribution >= 4 is 42.5 Å². The maximum absolute atomic E-state index is 13.3. The number of aliphatic carboxylic acids is 1. The van der Waals surface area contributed by atoms with Crippen LogP contribution in [0.3, 0.4) is 0 Å². The summed E-state index contributed by atoms with van der Waals surface area (Å²) in [5, 5.41) is 12.3. The zero-order valence-corrected chi connectivity index (χ0v) is 21.2. The molecular formula is C31H30LiNO3S. The molecular weight excluding hydrogens is 473 g/mol. The van der Waals surface area contributed by atoms with Crippen LogP contribution in [0.25, 0.3) is 33.4 Å². The number of nitrogens with one attached hydrogen (secondary N) is 1. The number of carboxylic acid groups (broad SMARTS) is 1. The zero-order valence-electron chi connectivity index (χ0n) is 20.4. The van der Waals surface area contributed by atoms with Gasteiger partial charge in [-0.05, 0) is 76.4 Å². The minimum atomic E-state index is -1.02. The van der Waals surface area contributed by atoms with E-state index in [0.29, 0.717) is 17.7 Å². The topological polar surface area (TPSA) is 66.4 Å². The van der Waals surface area contributed by atoms with Crippen molar-refractivity contribution in [2.45, 2.75) is 19.4 Å². The molecule has 0 aromatic heterocycles. The molecule has 0 saturated heterocycles. The first-order chi connectivity index (χ1) is 17.5. The predicted octanol–water partition coefficient (Wildman–Crippen LogP) is 6.28. The van der Waals surface area contributed by atoms with Crippen LogP contribution < -0.4 is 5.32 Å². The molecule has 37 heavy (non-hydrogen) atoms. The number of hydrogen-bond acceptors (Lipinski definition) is 3. The van der Waals surface area contributed by atoms with E-state index in [1.807, 2.05) is 67.8 Å². The summed E-state index contributed by atoms with van der Waals surface area (Å²) < 4.78 is 0. The van der Waals surface area contributed by atoms with Gasteiger partial charge in [0.05, 0.1) is 0 Å². The fourth-order valence-corrected chi connectivity index (χ4v) is 4.71. The van der Waals surface area contributed by atoms with Crippen molar-refractivity contribution in [3.63, 3.8) is 0 Å². The zero-order chi connectivity index (χ0) is 25.5. The van der Waals surface area contributed by atoms with Gasteiger partial charge in [0, 0.05) is 5.56 Å². The second kappa shape index (κ2) is 13.4. The molecule has 0 radical (unpaired) electrons. The van der Waals surface area contributed by atoms with E-state index in [0.717, 1.165) is 38.9 Å². The SMILES string of the molecule is CSCCC(NC(=O)c1ccc(-c2ccc(-c3ccccc3)cc2)cc1-c1ccccc1C)C(=O)O.[LiH]. The quantitative estimate of drug-likeness (QED) is 0.264. The third-order valence-electron chi connectivity index (χ3n) is 6.24. The van der Waals surface area contributed by atoms with Crippen molar-refractivity contribution < 1.29 is 14.7 Å². The predicted molar refractivity (Wildman–Crippen MR) is 157 cm³/mol. The molecule has 0 saturated carbocycles. The molecule has 0 heterocycles. The number of benzene rings is 4. The van der Waals surface area contributed by atoms with E-state index in [-0.39, 0.29) is 24.8 Å². The van der Waals surface area contributed by atoms with Crippen molar-refractivity contribution in [3.8, 4) is 33.4 Å². The van der Waals surface area contributed by atoms with Gasteiger partial charge in [0.2, 0.25) is 0 Å². The first-order valence-electron chi connectivity index (χ1n) is 11.9. The standard InChI is InChI=1S/C31H29NO3S.Li.H/c1-21-8-6-7-11-26(21)28-20-25(24-14-12-23(13-15-24)22-9-4-3-5-10-22)16-17-27(28)30(33)32-29(31(34)35)18-19-36-2;;/h3-17,20,29H,18-19H2,1-2H3,(H,32,33)(H,34,35);;. The second-order valence-corrected chi connectivity index (χ2v) is 9.65. The van der Waals surface area contributed by atoms with Crippen LogP contribution in [0.2, 0.25) is 0 Å². The maximum atomic E-state index is 13.3. The van der Waals surface area contributed by atoms with E-state index in [1.54, 1.807) is 17.8 Å². The van der Waals surface area contributed by atoms with Gasteiger partial charge >= 0.3 is 24.8 Å². The van der Waals surface area contributed by atoms with Gasteiger partial charge < -0.3 is 10.4 Å². The molecule has 0 aliphatic rings. The summed E-state index contributed by atoms with van der Waals surface area (Å²) in [5.74, 6) is -0.752. The Morgan fingerprint density at radius 1 is 0.784 bits per heavy atom. The van der Waals surface area contributed by atoms with Crippen LogP contribution in [0.5, 0.6) is 0 Å². The molecule has 0 spiro atoms. The number of carbonyl (C=O) groups excluding carboxylic acids is 1. The van der Waals surface area contributed by atoms with Crippen molar-refractivity contribution in [1.82, 2.24) is 5.32 Å². The Kier molecular flexibility index (Phi) is 10.2. The number of carbonyl (C=O) groups is 2. The summed E-state index contributed by atoms with van der Waals surface area (Å²) in [5.41, 5.74) is 7.56. The monoisotopic (exact) mass is 503 g/mol. The fourth-order valence-electron chi connectivity index (χ4n) is 4.23. The summed E-state index contributed by atoms with van der Waals surface area (Å²) in [6, 6.07) is 31.3. The van der Waals surface area contributed by atoms with Gasteiger partial charge in [-0.25, -0.2) is 4.79 Å². The number of carboxylic acids is 1. The average molecular weight is 504 g/mol. The molecule has 0 bridgehead atoms. The third-order valence-corrected chi connectivity index (χ3v) is 6.88. The van der Waals surface area contributed by atoms with Crippen LogP contribution >= 0.6 is 11.8 Å². The molecule has 1 atom stereocenters. The van der Waals surface area contributed by atoms with Crippen molar-refractivity contribution in [3.05, 3.63) is 108 Å². The van der Waals surface area contributed by atoms with Crippen LogP contribution in [0.15, 0.2) is 97.1 Å². The molecule has 4 aromatic carbocycles. The van der Waals surface area contributed by atoms with Gasteiger partial charge in [-0.1, -0.05) is 84.9 Å². The summed E-state index contributed by atoms with van der Waals surface area (Å²) >= 11 is 1.56. The number of rotatable bonds is 9. The Labute approximate surface area is 234 Å². The van der Waals surface area contributed by atoms with Crippen LogP contribution in [0, 0.1) is 6.92 Å². The summed E-state index contributed by atoms with van der Waals surface area (Å²) in [7, 11) is 0. The normalized spacial score (nSPS) is 11.3. The second-order valence-electron chi connectivity index (χ2n) is 8.66. The molecule has 184 valence electrons. The van der Waals surface area contributed by atoms with Crippen LogP contribution in [-0.2, 0) is 4.79 Å². The van der Waals surface area contributed by atoms with Gasteiger partial charge in [-0.3, -0.25) is 4.79 Å². The van der Waals surface area contributed by atoms with Gasteiger partial charge in [0.25, 0.3) is 5.91 Å². The van der Waals surface area contributed by atoms with E-state index in [4.69, 9.17) is 0 Å². The molecule has 4 aromatic rings. The van der Waals surface area contributed by atoms with Crippen molar-refractivity contribution in [2.75, 3.05) is 12.0 Å². The minimum absolute atomic E-state index is 0. The molecule has 6 heteroatoms. The Bertz CT molecular complexity index is 1360. The molecule has 1 amide bonds. The molecule has 0 aliphatic carbocycles. The summed E-state index contributed by atoms with van der Waals surface area (Å²) in [6.45, 7) is 2.01. The fraction of sp³-hybridized carbons (Fsp3) is 0.161. The van der Waals surface area contributed by atoms with Gasteiger partial charge in [-0.2, -0.15) is 11.8 Å². The Morgan fingerprint density at radius 3 is 1.97 bits per heavy atom. The van der Waals surface area contributed by atoms with Gasteiger partial charge in [0.1, 0.15) is 6.04 Å². The molecule has 0 aliphatic heterocycles. The average Bonchev–Trinajstić information content (AvgIpc) is 2.91. The Morgan fingerprint density at radius 2 is 1.35 bits per heavy atom. The number of hydrogen-bond donors (Lipinski definition) is 2. The number of thioether (sulfide) groups is 1. The summed E-state index contributed by atoms with van der Waals surface area (Å²) in [4.78, 5) is 25.0. The van der Waals surface area contributed by atoms with E-state index in [1.165, 1.54) is 0 Å².